The Hall–Kier alpha value is -1.55. The Labute approximate surface area is 114 Å². The summed E-state index contributed by atoms with van der Waals surface area (Å²) in [6.07, 6.45) is 0.982. The van der Waals surface area contributed by atoms with Gasteiger partial charge in [0.2, 0.25) is 0 Å². The third-order valence-corrected chi connectivity index (χ3v) is 3.35. The number of carbonyl (C=O) groups excluding carboxylic acids is 1. The summed E-state index contributed by atoms with van der Waals surface area (Å²) in [5.74, 6) is 1.11. The van der Waals surface area contributed by atoms with Gasteiger partial charge in [0.15, 0.2) is 6.54 Å². The van der Waals surface area contributed by atoms with E-state index in [-0.39, 0.29) is 5.91 Å². The molecule has 0 bridgehead atoms. The van der Waals surface area contributed by atoms with E-state index in [4.69, 9.17) is 4.74 Å². The maximum atomic E-state index is 11.2. The zero-order valence-electron chi connectivity index (χ0n) is 11.8. The van der Waals surface area contributed by atoms with Gasteiger partial charge in [0.25, 0.3) is 5.91 Å². The van der Waals surface area contributed by atoms with E-state index in [0.717, 1.165) is 31.8 Å². The Bertz CT molecular complexity index is 426. The van der Waals surface area contributed by atoms with Crippen LogP contribution in [-0.2, 0) is 4.79 Å². The van der Waals surface area contributed by atoms with Gasteiger partial charge in [-0.2, -0.15) is 0 Å². The lowest BCUT2D eigenvalue weighted by Gasteiger charge is -2.23. The lowest BCUT2D eigenvalue weighted by Crippen LogP contribution is -3.15. The van der Waals surface area contributed by atoms with Crippen molar-refractivity contribution in [2.45, 2.75) is 20.3 Å². The SMILES string of the molecule is Cc1cc(C)cc(OCCC[NH+]2CCNC(=O)C2)c1. The van der Waals surface area contributed by atoms with Gasteiger partial charge in [0, 0.05) is 6.42 Å². The number of nitrogens with one attached hydrogen (secondary N) is 2. The largest absolute Gasteiger partial charge is 0.493 e. The van der Waals surface area contributed by atoms with Crippen LogP contribution in [0.15, 0.2) is 18.2 Å². The number of hydrogen-bond donors (Lipinski definition) is 2. The molecule has 0 aliphatic carbocycles. The van der Waals surface area contributed by atoms with Crippen molar-refractivity contribution < 1.29 is 14.4 Å². The number of amides is 1. The summed E-state index contributed by atoms with van der Waals surface area (Å²) in [4.78, 5) is 12.6. The van der Waals surface area contributed by atoms with Crippen molar-refractivity contribution in [3.8, 4) is 5.75 Å². The van der Waals surface area contributed by atoms with Gasteiger partial charge in [-0.1, -0.05) is 6.07 Å². The monoisotopic (exact) mass is 263 g/mol. The summed E-state index contributed by atoms with van der Waals surface area (Å²) in [5.41, 5.74) is 2.46. The van der Waals surface area contributed by atoms with Crippen LogP contribution in [0.3, 0.4) is 0 Å². The molecule has 0 radical (unpaired) electrons. The smallest absolute Gasteiger partial charge is 0.275 e. The molecule has 1 unspecified atom stereocenters. The van der Waals surface area contributed by atoms with Gasteiger partial charge < -0.3 is 15.0 Å². The maximum absolute atomic E-state index is 11.2. The van der Waals surface area contributed by atoms with E-state index in [1.165, 1.54) is 16.0 Å². The molecule has 1 aliphatic heterocycles. The van der Waals surface area contributed by atoms with E-state index in [2.05, 4.69) is 37.4 Å². The number of hydrogen-bond acceptors (Lipinski definition) is 2. The fourth-order valence-electron chi connectivity index (χ4n) is 2.50. The predicted octanol–water partition coefficient (Wildman–Crippen LogP) is 0.0870. The van der Waals surface area contributed by atoms with Crippen LogP contribution in [0.5, 0.6) is 5.75 Å². The highest BCUT2D eigenvalue weighted by atomic mass is 16.5. The van der Waals surface area contributed by atoms with Crippen LogP contribution >= 0.6 is 0 Å². The first-order chi connectivity index (χ1) is 9.13. The van der Waals surface area contributed by atoms with E-state index in [1.54, 1.807) is 0 Å². The second-order valence-corrected chi connectivity index (χ2v) is 5.30. The number of aryl methyl sites for hydroxylation is 2. The van der Waals surface area contributed by atoms with Gasteiger partial charge >= 0.3 is 0 Å². The normalized spacial score (nSPS) is 19.1. The minimum absolute atomic E-state index is 0.163. The molecule has 2 rings (SSSR count). The number of ether oxygens (including phenoxy) is 1. The summed E-state index contributed by atoms with van der Waals surface area (Å²) in [7, 11) is 0. The molecule has 1 saturated heterocycles. The number of rotatable bonds is 5. The lowest BCUT2D eigenvalue weighted by atomic mass is 10.1. The highest BCUT2D eigenvalue weighted by Gasteiger charge is 2.18. The highest BCUT2D eigenvalue weighted by Crippen LogP contribution is 2.16. The van der Waals surface area contributed by atoms with E-state index < -0.39 is 0 Å². The van der Waals surface area contributed by atoms with Gasteiger partial charge in [-0.3, -0.25) is 4.79 Å². The molecule has 1 atom stereocenters. The fourth-order valence-corrected chi connectivity index (χ4v) is 2.50. The van der Waals surface area contributed by atoms with Gasteiger partial charge in [0.1, 0.15) is 5.75 Å². The van der Waals surface area contributed by atoms with Crippen molar-refractivity contribution in [3.05, 3.63) is 29.3 Å². The maximum Gasteiger partial charge on any atom is 0.275 e. The Morgan fingerprint density at radius 1 is 1.26 bits per heavy atom. The molecule has 2 N–H and O–H groups in total. The topological polar surface area (TPSA) is 42.8 Å². The molecule has 4 heteroatoms. The molecule has 4 nitrogen and oxygen atoms in total. The van der Waals surface area contributed by atoms with Crippen molar-refractivity contribution in [1.82, 2.24) is 5.32 Å². The summed E-state index contributed by atoms with van der Waals surface area (Å²) < 4.78 is 5.77. The summed E-state index contributed by atoms with van der Waals surface area (Å²) in [6.45, 7) is 8.30. The van der Waals surface area contributed by atoms with E-state index in [9.17, 15) is 4.79 Å². The molecule has 1 aromatic rings. The molecule has 1 fully saturated rings. The van der Waals surface area contributed by atoms with E-state index >= 15 is 0 Å². The molecule has 0 aromatic heterocycles. The summed E-state index contributed by atoms with van der Waals surface area (Å²) >= 11 is 0. The van der Waals surface area contributed by atoms with Gasteiger partial charge in [0.05, 0.1) is 26.2 Å². The zero-order valence-corrected chi connectivity index (χ0v) is 11.8. The number of carbonyl (C=O) groups is 1. The molecule has 1 amide bonds. The van der Waals surface area contributed by atoms with Gasteiger partial charge in [-0.05, 0) is 37.1 Å². The Morgan fingerprint density at radius 2 is 2.00 bits per heavy atom. The molecule has 1 aromatic carbocycles. The minimum Gasteiger partial charge on any atom is -0.493 e. The van der Waals surface area contributed by atoms with Gasteiger partial charge in [-0.25, -0.2) is 0 Å². The predicted molar refractivity (Wildman–Crippen MR) is 74.6 cm³/mol. The molecule has 19 heavy (non-hydrogen) atoms. The number of piperazine rings is 1. The molecule has 0 spiro atoms. The first-order valence-corrected chi connectivity index (χ1v) is 6.95. The van der Waals surface area contributed by atoms with Crippen LogP contribution in [0.4, 0.5) is 0 Å². The first kappa shape index (κ1) is 13.9. The Balaban J connectivity index is 1.70. The average molecular weight is 263 g/mol. The van der Waals surface area contributed by atoms with Crippen molar-refractivity contribution in [1.29, 1.82) is 0 Å². The van der Waals surface area contributed by atoms with Crippen LogP contribution in [0.2, 0.25) is 0 Å². The summed E-state index contributed by atoms with van der Waals surface area (Å²) in [6, 6.07) is 6.27. The Morgan fingerprint density at radius 3 is 2.68 bits per heavy atom. The quantitative estimate of drug-likeness (QED) is 0.739. The first-order valence-electron chi connectivity index (χ1n) is 6.95. The highest BCUT2D eigenvalue weighted by molar-refractivity contribution is 5.77. The fraction of sp³-hybridized carbons (Fsp3) is 0.533. The number of benzene rings is 1. The standard InChI is InChI=1S/C15H22N2O2/c1-12-8-13(2)10-14(9-12)19-7-3-5-17-6-4-16-15(18)11-17/h8-10H,3-7,11H2,1-2H3,(H,16,18)/p+1. The second-order valence-electron chi connectivity index (χ2n) is 5.30. The van der Waals surface area contributed by atoms with Crippen LogP contribution < -0.4 is 15.0 Å². The van der Waals surface area contributed by atoms with Crippen LogP contribution in [0.25, 0.3) is 0 Å². The second kappa shape index (κ2) is 6.57. The lowest BCUT2D eigenvalue weighted by molar-refractivity contribution is -0.893. The van der Waals surface area contributed by atoms with Crippen molar-refractivity contribution in [2.75, 3.05) is 32.8 Å². The van der Waals surface area contributed by atoms with Crippen LogP contribution in [-0.4, -0.2) is 38.7 Å². The van der Waals surface area contributed by atoms with Crippen molar-refractivity contribution in [3.63, 3.8) is 0 Å². The molecule has 1 aliphatic rings. The number of quaternary nitrogens is 1. The van der Waals surface area contributed by atoms with E-state index in [0.29, 0.717) is 13.2 Å². The van der Waals surface area contributed by atoms with Crippen LogP contribution in [0.1, 0.15) is 17.5 Å². The Kier molecular flexibility index (Phi) is 4.80. The summed E-state index contributed by atoms with van der Waals surface area (Å²) in [5, 5.41) is 2.85. The average Bonchev–Trinajstić information content (AvgIpc) is 2.34. The van der Waals surface area contributed by atoms with Crippen molar-refractivity contribution >= 4 is 5.91 Å². The van der Waals surface area contributed by atoms with E-state index in [1.807, 2.05) is 0 Å². The molecule has 0 saturated carbocycles. The molecule has 1 heterocycles. The van der Waals surface area contributed by atoms with Crippen LogP contribution in [0, 0.1) is 13.8 Å². The third kappa shape index (κ3) is 4.56. The zero-order chi connectivity index (χ0) is 13.7. The molecular weight excluding hydrogens is 240 g/mol. The third-order valence-electron chi connectivity index (χ3n) is 3.35. The van der Waals surface area contributed by atoms with Crippen molar-refractivity contribution in [2.24, 2.45) is 0 Å². The minimum atomic E-state index is 0.163. The van der Waals surface area contributed by atoms with Gasteiger partial charge in [-0.15, -0.1) is 0 Å². The molecule has 104 valence electrons. The molecular formula is C15H23N2O2+.